The summed E-state index contributed by atoms with van der Waals surface area (Å²) in [4.78, 5) is 6.45. The molecule has 1 fully saturated rings. The molecule has 0 radical (unpaired) electrons. The maximum Gasteiger partial charge on any atom is 0.107 e. The smallest absolute Gasteiger partial charge is 0.107 e. The molecule has 1 N–H and O–H groups in total. The van der Waals surface area contributed by atoms with Crippen molar-refractivity contribution in [3.05, 3.63) is 16.6 Å². The summed E-state index contributed by atoms with van der Waals surface area (Å²) in [6.07, 6.45) is 7.36. The van der Waals surface area contributed by atoms with Crippen molar-refractivity contribution in [2.45, 2.75) is 44.2 Å². The lowest BCUT2D eigenvalue weighted by Gasteiger charge is -2.35. The molecular formula is C12H20N2OS. The van der Waals surface area contributed by atoms with Gasteiger partial charge in [0, 0.05) is 18.1 Å². The highest BCUT2D eigenvalue weighted by Gasteiger charge is 2.30. The molecule has 1 heterocycles. The Labute approximate surface area is 101 Å². The molecule has 16 heavy (non-hydrogen) atoms. The molecule has 0 spiro atoms. The normalized spacial score (nSPS) is 20.2. The first kappa shape index (κ1) is 12.0. The second-order valence-corrected chi connectivity index (χ2v) is 5.86. The fourth-order valence-electron chi connectivity index (χ4n) is 2.49. The van der Waals surface area contributed by atoms with Crippen LogP contribution < -0.4 is 0 Å². The van der Waals surface area contributed by atoms with Gasteiger partial charge in [-0.25, -0.2) is 4.98 Å². The molecule has 90 valence electrons. The van der Waals surface area contributed by atoms with E-state index in [4.69, 9.17) is 0 Å². The number of likely N-dealkylation sites (N-methyl/N-ethyl adjacent to an activating group) is 1. The van der Waals surface area contributed by atoms with E-state index in [0.717, 1.165) is 30.9 Å². The van der Waals surface area contributed by atoms with Gasteiger partial charge in [-0.3, -0.25) is 4.90 Å². The fraction of sp³-hybridized carbons (Fsp3) is 0.750. The van der Waals surface area contributed by atoms with Gasteiger partial charge in [0.1, 0.15) is 5.01 Å². The molecule has 0 amide bonds. The van der Waals surface area contributed by atoms with E-state index in [1.54, 1.807) is 11.3 Å². The molecule has 1 saturated carbocycles. The van der Waals surface area contributed by atoms with Crippen LogP contribution in [0.2, 0.25) is 0 Å². The summed E-state index contributed by atoms with van der Waals surface area (Å²) in [6, 6.07) is 0. The summed E-state index contributed by atoms with van der Waals surface area (Å²) in [5, 5.41) is 13.5. The molecule has 1 aromatic rings. The Hall–Kier alpha value is -0.450. The van der Waals surface area contributed by atoms with Gasteiger partial charge in [-0.15, -0.1) is 11.3 Å². The first-order valence-electron chi connectivity index (χ1n) is 5.97. The van der Waals surface area contributed by atoms with Gasteiger partial charge in [-0.1, -0.05) is 19.3 Å². The van der Waals surface area contributed by atoms with E-state index >= 15 is 0 Å². The van der Waals surface area contributed by atoms with Gasteiger partial charge in [-0.2, -0.15) is 0 Å². The van der Waals surface area contributed by atoms with Crippen molar-refractivity contribution in [2.24, 2.45) is 0 Å². The Morgan fingerprint density at radius 3 is 2.81 bits per heavy atom. The minimum absolute atomic E-state index is 0.454. The lowest BCUT2D eigenvalue weighted by atomic mass is 9.84. The Bertz CT molecular complexity index is 307. The number of aromatic nitrogens is 1. The van der Waals surface area contributed by atoms with Crippen LogP contribution in [0, 0.1) is 0 Å². The van der Waals surface area contributed by atoms with Crippen molar-refractivity contribution in [3.63, 3.8) is 0 Å². The molecule has 1 aromatic heterocycles. The summed E-state index contributed by atoms with van der Waals surface area (Å²) in [6.45, 7) is 1.62. The van der Waals surface area contributed by atoms with Crippen LogP contribution in [0.5, 0.6) is 0 Å². The molecule has 0 unspecified atom stereocenters. The molecule has 4 heteroatoms. The van der Waals surface area contributed by atoms with Gasteiger partial charge < -0.3 is 5.11 Å². The van der Waals surface area contributed by atoms with E-state index in [-0.39, 0.29) is 0 Å². The zero-order valence-corrected chi connectivity index (χ0v) is 10.7. The number of nitrogens with zero attached hydrogens (tertiary/aromatic N) is 2. The third-order valence-electron chi connectivity index (χ3n) is 3.24. The fourth-order valence-corrected chi connectivity index (χ4v) is 3.18. The van der Waals surface area contributed by atoms with E-state index in [1.165, 1.54) is 19.3 Å². The maximum absolute atomic E-state index is 10.4. The molecule has 1 aliphatic rings. The zero-order chi connectivity index (χ0) is 11.4. The topological polar surface area (TPSA) is 36.4 Å². The summed E-state index contributed by atoms with van der Waals surface area (Å²) in [5.41, 5.74) is -0.454. The van der Waals surface area contributed by atoms with Crippen LogP contribution in [0.1, 0.15) is 37.1 Å². The van der Waals surface area contributed by atoms with E-state index < -0.39 is 5.60 Å². The first-order valence-corrected chi connectivity index (χ1v) is 6.85. The number of rotatable bonds is 4. The lowest BCUT2D eigenvalue weighted by Crippen LogP contribution is -2.42. The molecule has 3 nitrogen and oxygen atoms in total. The molecule has 0 bridgehead atoms. The number of aliphatic hydroxyl groups is 1. The molecule has 0 saturated heterocycles. The zero-order valence-electron chi connectivity index (χ0n) is 9.85. The van der Waals surface area contributed by atoms with Gasteiger partial charge in [0.25, 0.3) is 0 Å². The minimum Gasteiger partial charge on any atom is -0.389 e. The molecule has 2 rings (SSSR count). The monoisotopic (exact) mass is 240 g/mol. The van der Waals surface area contributed by atoms with Gasteiger partial charge in [0.05, 0.1) is 12.1 Å². The quantitative estimate of drug-likeness (QED) is 0.877. The van der Waals surface area contributed by atoms with Gasteiger partial charge in [0.2, 0.25) is 0 Å². The summed E-state index contributed by atoms with van der Waals surface area (Å²) in [5.74, 6) is 0. The summed E-state index contributed by atoms with van der Waals surface area (Å²) in [7, 11) is 2.06. The molecule has 0 atom stereocenters. The first-order chi connectivity index (χ1) is 7.68. The van der Waals surface area contributed by atoms with Crippen molar-refractivity contribution < 1.29 is 5.11 Å². The predicted octanol–water partition coefficient (Wildman–Crippen LogP) is 2.27. The van der Waals surface area contributed by atoms with Crippen molar-refractivity contribution in [3.8, 4) is 0 Å². The summed E-state index contributed by atoms with van der Waals surface area (Å²) >= 11 is 1.68. The highest BCUT2D eigenvalue weighted by atomic mass is 32.1. The highest BCUT2D eigenvalue weighted by Crippen LogP contribution is 2.28. The minimum atomic E-state index is -0.454. The third-order valence-corrected chi connectivity index (χ3v) is 4.00. The Kier molecular flexibility index (Phi) is 3.95. The van der Waals surface area contributed by atoms with E-state index in [1.807, 2.05) is 11.6 Å². The van der Waals surface area contributed by atoms with Crippen LogP contribution >= 0.6 is 11.3 Å². The molecule has 0 aliphatic heterocycles. The Balaban J connectivity index is 1.84. The standard InChI is InChI=1S/C12H20N2OS/c1-14(9-11-13-7-8-16-11)10-12(15)5-3-2-4-6-12/h7-8,15H,2-6,9-10H2,1H3. The van der Waals surface area contributed by atoms with Crippen LogP contribution in [0.25, 0.3) is 0 Å². The Morgan fingerprint density at radius 2 is 2.19 bits per heavy atom. The van der Waals surface area contributed by atoms with Crippen LogP contribution in [-0.2, 0) is 6.54 Å². The van der Waals surface area contributed by atoms with Crippen LogP contribution in [0.3, 0.4) is 0 Å². The van der Waals surface area contributed by atoms with Crippen LogP contribution in [0.15, 0.2) is 11.6 Å². The van der Waals surface area contributed by atoms with E-state index in [9.17, 15) is 5.11 Å². The molecule has 0 aromatic carbocycles. The van der Waals surface area contributed by atoms with E-state index in [0.29, 0.717) is 0 Å². The number of hydrogen-bond donors (Lipinski definition) is 1. The van der Waals surface area contributed by atoms with Crippen molar-refractivity contribution in [2.75, 3.05) is 13.6 Å². The van der Waals surface area contributed by atoms with Crippen molar-refractivity contribution in [1.29, 1.82) is 0 Å². The number of hydrogen-bond acceptors (Lipinski definition) is 4. The number of thiazole rings is 1. The van der Waals surface area contributed by atoms with Crippen molar-refractivity contribution >= 4 is 11.3 Å². The summed E-state index contributed by atoms with van der Waals surface area (Å²) < 4.78 is 0. The second kappa shape index (κ2) is 5.25. The van der Waals surface area contributed by atoms with Crippen molar-refractivity contribution in [1.82, 2.24) is 9.88 Å². The van der Waals surface area contributed by atoms with Gasteiger partial charge in [0.15, 0.2) is 0 Å². The maximum atomic E-state index is 10.4. The second-order valence-electron chi connectivity index (χ2n) is 4.88. The SMILES string of the molecule is CN(Cc1nccs1)CC1(O)CCCCC1. The Morgan fingerprint density at radius 1 is 1.44 bits per heavy atom. The molecular weight excluding hydrogens is 220 g/mol. The average molecular weight is 240 g/mol. The largest absolute Gasteiger partial charge is 0.389 e. The molecule has 1 aliphatic carbocycles. The average Bonchev–Trinajstić information content (AvgIpc) is 2.70. The van der Waals surface area contributed by atoms with Crippen LogP contribution in [0.4, 0.5) is 0 Å². The predicted molar refractivity (Wildman–Crippen MR) is 66.5 cm³/mol. The third kappa shape index (κ3) is 3.27. The van der Waals surface area contributed by atoms with Gasteiger partial charge in [-0.05, 0) is 19.9 Å². The van der Waals surface area contributed by atoms with Crippen LogP contribution in [-0.4, -0.2) is 34.2 Å². The van der Waals surface area contributed by atoms with Gasteiger partial charge >= 0.3 is 0 Å². The highest BCUT2D eigenvalue weighted by molar-refractivity contribution is 7.09. The lowest BCUT2D eigenvalue weighted by molar-refractivity contribution is -0.0223. The van der Waals surface area contributed by atoms with E-state index in [2.05, 4.69) is 16.9 Å².